The molecule has 3 nitrogen and oxygen atoms in total. The molecule has 0 aliphatic rings. The summed E-state index contributed by atoms with van der Waals surface area (Å²) in [5.74, 6) is -0.0484. The molecule has 3 rings (SSSR count). The van der Waals surface area contributed by atoms with Gasteiger partial charge in [0.1, 0.15) is 18.2 Å². The monoisotopic (exact) mass is 447 g/mol. The number of amides is 1. The zero-order valence-corrected chi connectivity index (χ0v) is 15.4. The summed E-state index contributed by atoms with van der Waals surface area (Å²) in [6.45, 7) is 0.258. The average Bonchev–Trinajstić information content (AvgIpc) is 2.61. The molecule has 0 bridgehead atoms. The van der Waals surface area contributed by atoms with E-state index in [2.05, 4.69) is 27.9 Å². The average molecular weight is 447 g/mol. The molecule has 0 radical (unpaired) electrons. The van der Waals surface area contributed by atoms with Gasteiger partial charge in [-0.2, -0.15) is 0 Å². The second-order valence-corrected chi connectivity index (χ2v) is 6.62. The van der Waals surface area contributed by atoms with Crippen LogP contribution in [0.1, 0.15) is 15.9 Å². The zero-order chi connectivity index (χ0) is 17.6. The van der Waals surface area contributed by atoms with Crippen molar-refractivity contribution in [3.63, 3.8) is 0 Å². The van der Waals surface area contributed by atoms with Crippen molar-refractivity contribution in [2.45, 2.75) is 6.61 Å². The van der Waals surface area contributed by atoms with Gasteiger partial charge in [-0.25, -0.2) is 4.39 Å². The lowest BCUT2D eigenvalue weighted by atomic mass is 10.1. The van der Waals surface area contributed by atoms with Crippen LogP contribution in [-0.2, 0) is 6.61 Å². The molecule has 1 amide bonds. The van der Waals surface area contributed by atoms with Crippen molar-refractivity contribution in [3.05, 3.63) is 93.3 Å². The van der Waals surface area contributed by atoms with Gasteiger partial charge in [-0.05, 0) is 70.6 Å². The third-order valence-electron chi connectivity index (χ3n) is 3.52. The number of halogens is 2. The van der Waals surface area contributed by atoms with Crippen molar-refractivity contribution in [1.29, 1.82) is 0 Å². The molecule has 5 heteroatoms. The predicted octanol–water partition coefficient (Wildman–Crippen LogP) is 5.26. The van der Waals surface area contributed by atoms with Crippen molar-refractivity contribution < 1.29 is 13.9 Å². The summed E-state index contributed by atoms with van der Waals surface area (Å²) in [6.07, 6.45) is 0. The van der Waals surface area contributed by atoms with Crippen LogP contribution in [0, 0.1) is 9.39 Å². The molecule has 0 unspecified atom stereocenters. The van der Waals surface area contributed by atoms with Crippen LogP contribution >= 0.6 is 22.6 Å². The van der Waals surface area contributed by atoms with Gasteiger partial charge < -0.3 is 10.1 Å². The lowest BCUT2D eigenvalue weighted by molar-refractivity contribution is 0.102. The number of hydrogen-bond acceptors (Lipinski definition) is 2. The van der Waals surface area contributed by atoms with E-state index in [-0.39, 0.29) is 18.3 Å². The van der Waals surface area contributed by atoms with Crippen molar-refractivity contribution in [2.75, 3.05) is 5.32 Å². The Bertz CT molecular complexity index is 881. The normalized spacial score (nSPS) is 10.3. The van der Waals surface area contributed by atoms with E-state index in [9.17, 15) is 9.18 Å². The second-order valence-electron chi connectivity index (χ2n) is 5.38. The van der Waals surface area contributed by atoms with Crippen LogP contribution < -0.4 is 10.1 Å². The fraction of sp³-hybridized carbons (Fsp3) is 0.0500. The second kappa shape index (κ2) is 8.11. The molecule has 0 saturated carbocycles. The summed E-state index contributed by atoms with van der Waals surface area (Å²) in [4.78, 5) is 12.6. The summed E-state index contributed by atoms with van der Waals surface area (Å²) in [7, 11) is 0. The minimum Gasteiger partial charge on any atom is -0.488 e. The highest BCUT2D eigenvalue weighted by Gasteiger charge is 2.12. The number of carbonyl (C=O) groups excluding carboxylic acids is 1. The summed E-state index contributed by atoms with van der Waals surface area (Å²) in [5.41, 5.74) is 2.00. The van der Waals surface area contributed by atoms with Crippen LogP contribution in [0.25, 0.3) is 0 Å². The topological polar surface area (TPSA) is 38.3 Å². The van der Waals surface area contributed by atoms with Gasteiger partial charge in [0.25, 0.3) is 5.91 Å². The van der Waals surface area contributed by atoms with Crippen LogP contribution in [0.5, 0.6) is 5.75 Å². The molecule has 3 aromatic rings. The van der Waals surface area contributed by atoms with E-state index in [1.54, 1.807) is 30.3 Å². The van der Waals surface area contributed by atoms with Crippen LogP contribution in [0.3, 0.4) is 0 Å². The van der Waals surface area contributed by atoms with Gasteiger partial charge in [-0.3, -0.25) is 4.79 Å². The molecule has 126 valence electrons. The van der Waals surface area contributed by atoms with Gasteiger partial charge in [-0.1, -0.05) is 30.3 Å². The standard InChI is InChI=1S/C20H15FINO2/c21-15-10-8-14(9-11-15)13-25-19-7-2-1-6-18(19)20(24)23-17-5-3-4-16(22)12-17/h1-12H,13H2,(H,23,24). The highest BCUT2D eigenvalue weighted by molar-refractivity contribution is 14.1. The molecule has 0 spiro atoms. The molecule has 0 aliphatic carbocycles. The first-order valence-corrected chi connectivity index (χ1v) is 8.73. The number of nitrogens with one attached hydrogen (secondary N) is 1. The maximum atomic E-state index is 13.0. The first-order valence-electron chi connectivity index (χ1n) is 7.65. The Morgan fingerprint density at radius 3 is 2.52 bits per heavy atom. The lowest BCUT2D eigenvalue weighted by Crippen LogP contribution is -2.13. The van der Waals surface area contributed by atoms with E-state index in [0.29, 0.717) is 11.3 Å². The van der Waals surface area contributed by atoms with Crippen LogP contribution in [0.15, 0.2) is 72.8 Å². The number of carbonyl (C=O) groups is 1. The van der Waals surface area contributed by atoms with Gasteiger partial charge in [0.15, 0.2) is 0 Å². The Morgan fingerprint density at radius 1 is 1.00 bits per heavy atom. The third kappa shape index (κ3) is 4.79. The van der Waals surface area contributed by atoms with Crippen LogP contribution in [0.2, 0.25) is 0 Å². The van der Waals surface area contributed by atoms with Crippen molar-refractivity contribution in [2.24, 2.45) is 0 Å². The minimum atomic E-state index is -0.291. The first kappa shape index (κ1) is 17.4. The molecular formula is C20H15FINO2. The molecule has 0 heterocycles. The highest BCUT2D eigenvalue weighted by Crippen LogP contribution is 2.21. The third-order valence-corrected chi connectivity index (χ3v) is 4.19. The zero-order valence-electron chi connectivity index (χ0n) is 13.2. The number of anilines is 1. The number of para-hydroxylation sites is 1. The van der Waals surface area contributed by atoms with Gasteiger partial charge in [0.2, 0.25) is 0 Å². The largest absolute Gasteiger partial charge is 0.488 e. The maximum absolute atomic E-state index is 13.0. The number of hydrogen-bond donors (Lipinski definition) is 1. The van der Waals surface area contributed by atoms with Gasteiger partial charge >= 0.3 is 0 Å². The van der Waals surface area contributed by atoms with Crippen LogP contribution in [0.4, 0.5) is 10.1 Å². The Balaban J connectivity index is 1.73. The summed E-state index contributed by atoms with van der Waals surface area (Å²) >= 11 is 2.19. The van der Waals surface area contributed by atoms with Crippen molar-refractivity contribution >= 4 is 34.2 Å². The molecule has 1 N–H and O–H groups in total. The lowest BCUT2D eigenvalue weighted by Gasteiger charge is -2.12. The number of ether oxygens (including phenoxy) is 1. The fourth-order valence-corrected chi connectivity index (χ4v) is 2.83. The predicted molar refractivity (Wildman–Crippen MR) is 104 cm³/mol. The molecule has 3 aromatic carbocycles. The van der Waals surface area contributed by atoms with E-state index in [1.165, 1.54) is 12.1 Å². The first-order chi connectivity index (χ1) is 12.1. The number of benzene rings is 3. The summed E-state index contributed by atoms with van der Waals surface area (Å²) in [6, 6.07) is 20.7. The Morgan fingerprint density at radius 2 is 1.76 bits per heavy atom. The van der Waals surface area contributed by atoms with E-state index in [0.717, 1.165) is 14.8 Å². The SMILES string of the molecule is O=C(Nc1cccc(I)c1)c1ccccc1OCc1ccc(F)cc1. The quantitative estimate of drug-likeness (QED) is 0.542. The molecule has 25 heavy (non-hydrogen) atoms. The molecule has 0 saturated heterocycles. The molecule has 0 fully saturated rings. The van der Waals surface area contributed by atoms with E-state index >= 15 is 0 Å². The Kier molecular flexibility index (Phi) is 5.65. The number of rotatable bonds is 5. The molecule has 0 aliphatic heterocycles. The minimum absolute atomic E-state index is 0.239. The van der Waals surface area contributed by atoms with Crippen molar-refractivity contribution in [3.8, 4) is 5.75 Å². The maximum Gasteiger partial charge on any atom is 0.259 e. The van der Waals surface area contributed by atoms with Crippen LogP contribution in [-0.4, -0.2) is 5.91 Å². The molecular weight excluding hydrogens is 432 g/mol. The van der Waals surface area contributed by atoms with E-state index < -0.39 is 0 Å². The summed E-state index contributed by atoms with van der Waals surface area (Å²) < 4.78 is 19.8. The summed E-state index contributed by atoms with van der Waals surface area (Å²) in [5, 5.41) is 2.87. The van der Waals surface area contributed by atoms with Crippen molar-refractivity contribution in [1.82, 2.24) is 0 Å². The highest BCUT2D eigenvalue weighted by atomic mass is 127. The fourth-order valence-electron chi connectivity index (χ4n) is 2.29. The Labute approximate surface area is 159 Å². The Hall–Kier alpha value is -2.41. The van der Waals surface area contributed by atoms with E-state index in [4.69, 9.17) is 4.74 Å². The van der Waals surface area contributed by atoms with Gasteiger partial charge in [-0.15, -0.1) is 0 Å². The van der Waals surface area contributed by atoms with E-state index in [1.807, 2.05) is 30.3 Å². The molecule has 0 atom stereocenters. The molecule has 0 aromatic heterocycles. The van der Waals surface area contributed by atoms with Gasteiger partial charge in [0.05, 0.1) is 5.56 Å². The van der Waals surface area contributed by atoms with Gasteiger partial charge in [0, 0.05) is 9.26 Å². The smallest absolute Gasteiger partial charge is 0.259 e.